The lowest BCUT2D eigenvalue weighted by Crippen LogP contribution is -2.44. The molecule has 0 fully saturated rings. The van der Waals surface area contributed by atoms with Crippen molar-refractivity contribution in [3.63, 3.8) is 0 Å². The Balaban J connectivity index is 2.00. The molecule has 2 aromatic rings. The van der Waals surface area contributed by atoms with Crippen molar-refractivity contribution >= 4 is 23.1 Å². The van der Waals surface area contributed by atoms with Crippen molar-refractivity contribution in [1.82, 2.24) is 0 Å². The smallest absolute Gasteiger partial charge is 0.174 e. The maximum absolute atomic E-state index is 11.5. The van der Waals surface area contributed by atoms with Crippen molar-refractivity contribution in [1.29, 1.82) is 0 Å². The summed E-state index contributed by atoms with van der Waals surface area (Å²) in [6.45, 7) is 1.64. The largest absolute Gasteiger partial charge is 0.373 e. The van der Waals surface area contributed by atoms with Gasteiger partial charge in [0.05, 0.1) is 0 Å². The van der Waals surface area contributed by atoms with E-state index in [1.807, 2.05) is 48.5 Å². The number of aliphatic imine (C=N–C) groups is 1. The van der Waals surface area contributed by atoms with Gasteiger partial charge >= 0.3 is 0 Å². The fourth-order valence-corrected chi connectivity index (χ4v) is 3.47. The van der Waals surface area contributed by atoms with Crippen LogP contribution in [0.4, 0.5) is 5.69 Å². The molecule has 2 aliphatic heterocycles. The highest BCUT2D eigenvalue weighted by atomic mass is 35.5. The fourth-order valence-electron chi connectivity index (χ4n) is 3.28. The van der Waals surface area contributed by atoms with Gasteiger partial charge in [0.25, 0.3) is 0 Å². The summed E-state index contributed by atoms with van der Waals surface area (Å²) in [6.07, 6.45) is 1.00. The van der Waals surface area contributed by atoms with Gasteiger partial charge in [0, 0.05) is 29.4 Å². The molecule has 0 spiro atoms. The lowest BCUT2D eigenvalue weighted by molar-refractivity contribution is 0.158. The first-order valence-corrected chi connectivity index (χ1v) is 7.49. The first kappa shape index (κ1) is 12.9. The number of amidine groups is 1. The summed E-state index contributed by atoms with van der Waals surface area (Å²) in [5.74, 6) is 0.720. The molecule has 0 aromatic heterocycles. The molecule has 21 heavy (non-hydrogen) atoms. The van der Waals surface area contributed by atoms with E-state index in [9.17, 15) is 5.11 Å². The number of aliphatic hydroxyl groups is 1. The average Bonchev–Trinajstić information content (AvgIpc) is 2.79. The predicted octanol–water partition coefficient (Wildman–Crippen LogP) is 3.20. The quantitative estimate of drug-likeness (QED) is 0.877. The molecule has 0 saturated carbocycles. The summed E-state index contributed by atoms with van der Waals surface area (Å²) in [5, 5.41) is 12.1. The van der Waals surface area contributed by atoms with Crippen molar-refractivity contribution in [3.8, 4) is 0 Å². The molecule has 2 aromatic carbocycles. The Bertz CT molecular complexity index is 743. The van der Waals surface area contributed by atoms with Gasteiger partial charge in [-0.05, 0) is 30.2 Å². The standard InChI is InChI=1S/C17H15ClN2O/c18-13-6-3-5-12(11-13)17(21)14-7-1-2-8-15(14)20-10-4-9-19-16(17)20/h1-3,5-8,11,21H,4,9-10H2/t17-/m0/s1. The average molecular weight is 299 g/mol. The molecule has 0 saturated heterocycles. The predicted molar refractivity (Wildman–Crippen MR) is 85.2 cm³/mol. The second-order valence-electron chi connectivity index (χ2n) is 5.45. The normalized spacial score (nSPS) is 23.5. The summed E-state index contributed by atoms with van der Waals surface area (Å²) in [4.78, 5) is 6.74. The van der Waals surface area contributed by atoms with E-state index in [2.05, 4.69) is 9.89 Å². The second kappa shape index (κ2) is 4.58. The van der Waals surface area contributed by atoms with Crippen LogP contribution in [0.3, 0.4) is 0 Å². The monoisotopic (exact) mass is 298 g/mol. The number of halogens is 1. The lowest BCUT2D eigenvalue weighted by Gasteiger charge is -2.30. The lowest BCUT2D eigenvalue weighted by atomic mass is 9.87. The van der Waals surface area contributed by atoms with Gasteiger partial charge in [0.15, 0.2) is 5.60 Å². The molecule has 1 N–H and O–H groups in total. The summed E-state index contributed by atoms with van der Waals surface area (Å²) >= 11 is 6.12. The van der Waals surface area contributed by atoms with Crippen molar-refractivity contribution in [2.24, 2.45) is 4.99 Å². The summed E-state index contributed by atoms with van der Waals surface area (Å²) < 4.78 is 0. The zero-order valence-electron chi connectivity index (χ0n) is 11.5. The van der Waals surface area contributed by atoms with Crippen molar-refractivity contribution < 1.29 is 5.11 Å². The third kappa shape index (κ3) is 1.74. The number of para-hydroxylation sites is 1. The SMILES string of the molecule is O[C@]1(c2cccc(Cl)c2)C2=NCCCN2c2ccccc21. The number of fused-ring (bicyclic) bond motifs is 3. The number of hydrogen-bond acceptors (Lipinski definition) is 3. The zero-order valence-corrected chi connectivity index (χ0v) is 12.2. The van der Waals surface area contributed by atoms with Gasteiger partial charge in [-0.2, -0.15) is 0 Å². The Morgan fingerprint density at radius 1 is 1.14 bits per heavy atom. The molecule has 2 heterocycles. The van der Waals surface area contributed by atoms with E-state index in [0.29, 0.717) is 5.02 Å². The van der Waals surface area contributed by atoms with Crippen LogP contribution in [0, 0.1) is 0 Å². The molecule has 0 amide bonds. The van der Waals surface area contributed by atoms with E-state index < -0.39 is 5.60 Å². The minimum atomic E-state index is -1.21. The van der Waals surface area contributed by atoms with Gasteiger partial charge in [-0.15, -0.1) is 0 Å². The number of rotatable bonds is 1. The molecule has 0 unspecified atom stereocenters. The molecule has 1 atom stereocenters. The van der Waals surface area contributed by atoms with E-state index in [-0.39, 0.29) is 0 Å². The van der Waals surface area contributed by atoms with E-state index in [1.165, 1.54) is 0 Å². The Morgan fingerprint density at radius 2 is 2.00 bits per heavy atom. The van der Waals surface area contributed by atoms with E-state index in [4.69, 9.17) is 11.6 Å². The number of anilines is 1. The van der Waals surface area contributed by atoms with Crippen LogP contribution in [0.1, 0.15) is 17.5 Å². The molecule has 2 aliphatic rings. The topological polar surface area (TPSA) is 35.8 Å². The number of benzene rings is 2. The third-order valence-corrected chi connectivity index (χ3v) is 4.44. The molecular weight excluding hydrogens is 284 g/mol. The van der Waals surface area contributed by atoms with Crippen LogP contribution in [0.2, 0.25) is 5.02 Å². The van der Waals surface area contributed by atoms with Gasteiger partial charge in [0.1, 0.15) is 5.84 Å². The van der Waals surface area contributed by atoms with Gasteiger partial charge in [-0.3, -0.25) is 4.99 Å². The van der Waals surface area contributed by atoms with E-state index in [0.717, 1.165) is 42.2 Å². The zero-order chi connectivity index (χ0) is 14.4. The van der Waals surface area contributed by atoms with Crippen LogP contribution in [0.15, 0.2) is 53.5 Å². The van der Waals surface area contributed by atoms with Crippen LogP contribution in [-0.2, 0) is 5.60 Å². The number of hydrogen-bond donors (Lipinski definition) is 1. The van der Waals surface area contributed by atoms with Crippen LogP contribution in [0.25, 0.3) is 0 Å². The summed E-state index contributed by atoms with van der Waals surface area (Å²) in [7, 11) is 0. The molecule has 0 bridgehead atoms. The van der Waals surface area contributed by atoms with Gasteiger partial charge < -0.3 is 10.0 Å². The highest BCUT2D eigenvalue weighted by Crippen LogP contribution is 2.46. The van der Waals surface area contributed by atoms with Gasteiger partial charge in [-0.1, -0.05) is 41.9 Å². The Morgan fingerprint density at radius 3 is 2.86 bits per heavy atom. The van der Waals surface area contributed by atoms with Gasteiger partial charge in [0.2, 0.25) is 0 Å². The molecule has 0 radical (unpaired) electrons. The Hall–Kier alpha value is -1.84. The maximum Gasteiger partial charge on any atom is 0.174 e. The molecule has 0 aliphatic carbocycles. The highest BCUT2D eigenvalue weighted by Gasteiger charge is 2.49. The Labute approximate surface area is 128 Å². The first-order chi connectivity index (χ1) is 10.2. The molecule has 4 rings (SSSR count). The second-order valence-corrected chi connectivity index (χ2v) is 5.88. The van der Waals surface area contributed by atoms with Crippen molar-refractivity contribution in [3.05, 3.63) is 64.7 Å². The van der Waals surface area contributed by atoms with E-state index in [1.54, 1.807) is 0 Å². The minimum absolute atomic E-state index is 0.619. The molecule has 4 heteroatoms. The molecule has 3 nitrogen and oxygen atoms in total. The summed E-state index contributed by atoms with van der Waals surface area (Å²) in [5.41, 5.74) is 1.49. The maximum atomic E-state index is 11.5. The molecule has 106 valence electrons. The van der Waals surface area contributed by atoms with Crippen LogP contribution in [0.5, 0.6) is 0 Å². The fraction of sp³-hybridized carbons (Fsp3) is 0.235. The minimum Gasteiger partial charge on any atom is -0.373 e. The summed E-state index contributed by atoms with van der Waals surface area (Å²) in [6, 6.07) is 15.4. The van der Waals surface area contributed by atoms with Crippen molar-refractivity contribution in [2.45, 2.75) is 12.0 Å². The van der Waals surface area contributed by atoms with Crippen LogP contribution < -0.4 is 4.90 Å². The van der Waals surface area contributed by atoms with Crippen LogP contribution in [-0.4, -0.2) is 24.0 Å². The number of nitrogens with zero attached hydrogens (tertiary/aromatic N) is 2. The van der Waals surface area contributed by atoms with Crippen LogP contribution >= 0.6 is 11.6 Å². The third-order valence-electron chi connectivity index (χ3n) is 4.21. The van der Waals surface area contributed by atoms with Gasteiger partial charge in [-0.25, -0.2) is 0 Å². The van der Waals surface area contributed by atoms with Crippen molar-refractivity contribution in [2.75, 3.05) is 18.0 Å². The van der Waals surface area contributed by atoms with E-state index >= 15 is 0 Å². The Kier molecular flexibility index (Phi) is 2.81. The molecular formula is C17H15ClN2O. The highest BCUT2D eigenvalue weighted by molar-refractivity contribution is 6.30. The first-order valence-electron chi connectivity index (χ1n) is 7.11.